The summed E-state index contributed by atoms with van der Waals surface area (Å²) in [5.74, 6) is 5.94. The molecule has 0 amide bonds. The highest BCUT2D eigenvalue weighted by molar-refractivity contribution is 6.30. The Morgan fingerprint density at radius 3 is 2.85 bits per heavy atom. The van der Waals surface area contributed by atoms with Crippen molar-refractivity contribution in [1.82, 2.24) is 5.43 Å². The molecule has 1 aliphatic carbocycles. The SMILES string of the molecule is CCOC1CC(CC(Cc2ccc(Cl)cc2F)NN)C1. The molecule has 0 radical (unpaired) electrons. The third-order valence-electron chi connectivity index (χ3n) is 3.93. The summed E-state index contributed by atoms with van der Waals surface area (Å²) in [6.45, 7) is 2.78. The van der Waals surface area contributed by atoms with Crippen molar-refractivity contribution in [3.05, 3.63) is 34.6 Å². The minimum atomic E-state index is -0.265. The van der Waals surface area contributed by atoms with Crippen LogP contribution in [0.25, 0.3) is 0 Å². The molecule has 20 heavy (non-hydrogen) atoms. The van der Waals surface area contributed by atoms with Crippen molar-refractivity contribution < 1.29 is 9.13 Å². The predicted octanol–water partition coefficient (Wildman–Crippen LogP) is 3.06. The van der Waals surface area contributed by atoms with E-state index in [-0.39, 0.29) is 11.9 Å². The lowest BCUT2D eigenvalue weighted by atomic mass is 9.77. The van der Waals surface area contributed by atoms with Crippen molar-refractivity contribution in [3.8, 4) is 0 Å². The van der Waals surface area contributed by atoms with Crippen molar-refractivity contribution in [1.29, 1.82) is 0 Å². The van der Waals surface area contributed by atoms with E-state index in [1.165, 1.54) is 6.07 Å². The summed E-state index contributed by atoms with van der Waals surface area (Å²) in [6, 6.07) is 4.87. The Hall–Kier alpha value is -0.680. The number of nitrogens with two attached hydrogens (primary N) is 1. The monoisotopic (exact) mass is 300 g/mol. The van der Waals surface area contributed by atoms with Gasteiger partial charge in [-0.1, -0.05) is 17.7 Å². The summed E-state index contributed by atoms with van der Waals surface area (Å²) < 4.78 is 19.3. The molecular formula is C15H22ClFN2O. The molecule has 1 atom stereocenters. The van der Waals surface area contributed by atoms with Gasteiger partial charge in [0.1, 0.15) is 5.82 Å². The average Bonchev–Trinajstić information content (AvgIpc) is 2.37. The zero-order valence-electron chi connectivity index (χ0n) is 11.7. The molecule has 1 aliphatic rings. The lowest BCUT2D eigenvalue weighted by molar-refractivity contribution is -0.0290. The van der Waals surface area contributed by atoms with E-state index in [0.717, 1.165) is 25.9 Å². The number of hydrogen-bond acceptors (Lipinski definition) is 3. The van der Waals surface area contributed by atoms with Crippen molar-refractivity contribution in [2.24, 2.45) is 11.8 Å². The Balaban J connectivity index is 1.84. The largest absolute Gasteiger partial charge is 0.378 e. The summed E-state index contributed by atoms with van der Waals surface area (Å²) in [7, 11) is 0. The number of halogens is 2. The fraction of sp³-hybridized carbons (Fsp3) is 0.600. The average molecular weight is 301 g/mol. The Morgan fingerprint density at radius 2 is 2.25 bits per heavy atom. The number of hydrogen-bond donors (Lipinski definition) is 2. The Morgan fingerprint density at radius 1 is 1.50 bits per heavy atom. The summed E-state index contributed by atoms with van der Waals surface area (Å²) >= 11 is 5.75. The van der Waals surface area contributed by atoms with Gasteiger partial charge in [-0.3, -0.25) is 11.3 Å². The highest BCUT2D eigenvalue weighted by Crippen LogP contribution is 2.34. The van der Waals surface area contributed by atoms with Crippen LogP contribution >= 0.6 is 11.6 Å². The van der Waals surface area contributed by atoms with Crippen LogP contribution in [0.2, 0.25) is 5.02 Å². The highest BCUT2D eigenvalue weighted by Gasteiger charge is 2.31. The molecule has 0 heterocycles. The second-order valence-corrected chi connectivity index (χ2v) is 5.89. The summed E-state index contributed by atoms with van der Waals surface area (Å²) in [6.07, 6.45) is 4.08. The molecule has 1 aromatic carbocycles. The second kappa shape index (κ2) is 7.36. The molecule has 112 valence electrons. The van der Waals surface area contributed by atoms with Gasteiger partial charge in [0.2, 0.25) is 0 Å². The molecule has 0 bridgehead atoms. The van der Waals surface area contributed by atoms with Crippen LogP contribution < -0.4 is 11.3 Å². The molecule has 0 aliphatic heterocycles. The van der Waals surface area contributed by atoms with Crippen LogP contribution in [0.15, 0.2) is 18.2 Å². The lowest BCUT2D eigenvalue weighted by Crippen LogP contribution is -2.42. The topological polar surface area (TPSA) is 47.3 Å². The smallest absolute Gasteiger partial charge is 0.127 e. The molecule has 0 saturated heterocycles. The van der Waals surface area contributed by atoms with E-state index >= 15 is 0 Å². The van der Waals surface area contributed by atoms with Crippen LogP contribution in [0, 0.1) is 11.7 Å². The summed E-state index contributed by atoms with van der Waals surface area (Å²) in [5, 5.41) is 0.419. The van der Waals surface area contributed by atoms with Gasteiger partial charge in [0.05, 0.1) is 6.10 Å². The first-order valence-electron chi connectivity index (χ1n) is 7.14. The van der Waals surface area contributed by atoms with Crippen LogP contribution in [-0.2, 0) is 11.2 Å². The van der Waals surface area contributed by atoms with Crippen LogP contribution in [0.4, 0.5) is 4.39 Å². The Kier molecular flexibility index (Phi) is 5.78. The van der Waals surface area contributed by atoms with Crippen molar-refractivity contribution >= 4 is 11.6 Å². The van der Waals surface area contributed by atoms with Crippen LogP contribution in [0.1, 0.15) is 31.7 Å². The third-order valence-corrected chi connectivity index (χ3v) is 4.16. The molecule has 1 saturated carbocycles. The van der Waals surface area contributed by atoms with E-state index in [1.54, 1.807) is 12.1 Å². The number of hydrazine groups is 1. The van der Waals surface area contributed by atoms with Crippen LogP contribution in [0.3, 0.4) is 0 Å². The fourth-order valence-electron chi connectivity index (χ4n) is 2.80. The fourth-order valence-corrected chi connectivity index (χ4v) is 2.96. The van der Waals surface area contributed by atoms with Gasteiger partial charge in [-0.15, -0.1) is 0 Å². The predicted molar refractivity (Wildman–Crippen MR) is 79.0 cm³/mol. The van der Waals surface area contributed by atoms with E-state index in [0.29, 0.717) is 29.0 Å². The molecule has 1 unspecified atom stereocenters. The molecule has 5 heteroatoms. The van der Waals surface area contributed by atoms with Gasteiger partial charge < -0.3 is 4.74 Å². The second-order valence-electron chi connectivity index (χ2n) is 5.45. The first kappa shape index (κ1) is 15.7. The van der Waals surface area contributed by atoms with Gasteiger partial charge in [0.15, 0.2) is 0 Å². The van der Waals surface area contributed by atoms with E-state index < -0.39 is 0 Å². The van der Waals surface area contributed by atoms with Gasteiger partial charge in [-0.05, 0) is 56.2 Å². The minimum absolute atomic E-state index is 0.0817. The van der Waals surface area contributed by atoms with Gasteiger partial charge >= 0.3 is 0 Å². The Bertz CT molecular complexity index is 438. The zero-order valence-corrected chi connectivity index (χ0v) is 12.5. The minimum Gasteiger partial charge on any atom is -0.378 e. The van der Waals surface area contributed by atoms with E-state index in [9.17, 15) is 4.39 Å². The van der Waals surface area contributed by atoms with Crippen molar-refractivity contribution in [2.45, 2.75) is 44.8 Å². The Labute approximate surface area is 124 Å². The molecule has 3 N–H and O–H groups in total. The first-order valence-corrected chi connectivity index (χ1v) is 7.51. The van der Waals surface area contributed by atoms with E-state index in [1.807, 2.05) is 6.92 Å². The molecule has 3 nitrogen and oxygen atoms in total. The van der Waals surface area contributed by atoms with E-state index in [4.69, 9.17) is 22.2 Å². The van der Waals surface area contributed by atoms with Gasteiger partial charge in [0.25, 0.3) is 0 Å². The standard InChI is InChI=1S/C15H22ClFN2O/c1-2-20-14-6-10(7-14)5-13(19-18)8-11-3-4-12(16)9-15(11)17/h3-4,9-10,13-14,19H,2,5-8,18H2,1H3. The molecule has 2 rings (SSSR count). The number of nitrogens with one attached hydrogen (secondary N) is 1. The zero-order chi connectivity index (χ0) is 14.5. The summed E-state index contributed by atoms with van der Waals surface area (Å²) in [4.78, 5) is 0. The number of ether oxygens (including phenoxy) is 1. The number of benzene rings is 1. The van der Waals surface area contributed by atoms with Crippen LogP contribution in [-0.4, -0.2) is 18.8 Å². The molecular weight excluding hydrogens is 279 g/mol. The van der Waals surface area contributed by atoms with Crippen LogP contribution in [0.5, 0.6) is 0 Å². The summed E-state index contributed by atoms with van der Waals surface area (Å²) in [5.41, 5.74) is 3.45. The van der Waals surface area contributed by atoms with Gasteiger partial charge in [-0.25, -0.2) is 4.39 Å². The third kappa shape index (κ3) is 4.16. The normalized spacial score (nSPS) is 23.4. The van der Waals surface area contributed by atoms with Crippen molar-refractivity contribution in [2.75, 3.05) is 6.61 Å². The van der Waals surface area contributed by atoms with E-state index in [2.05, 4.69) is 5.43 Å². The van der Waals surface area contributed by atoms with Crippen molar-refractivity contribution in [3.63, 3.8) is 0 Å². The molecule has 0 aromatic heterocycles. The molecule has 1 aromatic rings. The maximum Gasteiger partial charge on any atom is 0.127 e. The maximum atomic E-state index is 13.8. The first-order chi connectivity index (χ1) is 9.62. The quantitative estimate of drug-likeness (QED) is 0.601. The lowest BCUT2D eigenvalue weighted by Gasteiger charge is -2.37. The molecule has 1 fully saturated rings. The highest BCUT2D eigenvalue weighted by atomic mass is 35.5. The molecule has 0 spiro atoms. The number of rotatable bonds is 7. The van der Waals surface area contributed by atoms with Gasteiger partial charge in [0, 0.05) is 17.7 Å². The maximum absolute atomic E-state index is 13.8. The van der Waals surface area contributed by atoms with Gasteiger partial charge in [-0.2, -0.15) is 0 Å².